The van der Waals surface area contributed by atoms with Crippen molar-refractivity contribution in [2.45, 2.75) is 18.9 Å². The number of nitrogens with one attached hydrogen (secondary N) is 1. The van der Waals surface area contributed by atoms with E-state index in [1.165, 1.54) is 0 Å². The van der Waals surface area contributed by atoms with Gasteiger partial charge in [-0.1, -0.05) is 0 Å². The van der Waals surface area contributed by atoms with Crippen LogP contribution in [0.4, 0.5) is 0 Å². The second kappa shape index (κ2) is 6.90. The first-order chi connectivity index (χ1) is 6.43. The number of terminal acetylenes is 1. The van der Waals surface area contributed by atoms with E-state index in [0.717, 1.165) is 39.1 Å². The highest BCUT2D eigenvalue weighted by Crippen LogP contribution is 1.98. The quantitative estimate of drug-likeness (QED) is 0.494. The molecule has 13 heavy (non-hydrogen) atoms. The third kappa shape index (κ3) is 4.89. The highest BCUT2D eigenvalue weighted by Gasteiger charge is 2.12. The van der Waals surface area contributed by atoms with Crippen LogP contribution in [-0.4, -0.2) is 39.0 Å². The highest BCUT2D eigenvalue weighted by atomic mass is 16.6. The zero-order chi connectivity index (χ0) is 9.36. The Hall–Kier alpha value is -0.560. The molecule has 74 valence electrons. The van der Waals surface area contributed by atoms with Crippen LogP contribution in [0.15, 0.2) is 0 Å². The van der Waals surface area contributed by atoms with Crippen molar-refractivity contribution in [3.05, 3.63) is 0 Å². The Balaban J connectivity index is 1.90. The normalized spacial score (nSPS) is 22.5. The van der Waals surface area contributed by atoms with Crippen molar-refractivity contribution >= 4 is 0 Å². The van der Waals surface area contributed by atoms with Gasteiger partial charge < -0.3 is 14.8 Å². The third-order valence-corrected chi connectivity index (χ3v) is 1.93. The first-order valence-electron chi connectivity index (χ1n) is 4.77. The van der Waals surface area contributed by atoms with Gasteiger partial charge in [0.25, 0.3) is 0 Å². The van der Waals surface area contributed by atoms with Crippen LogP contribution >= 0.6 is 0 Å². The summed E-state index contributed by atoms with van der Waals surface area (Å²) in [6, 6.07) is 0. The van der Waals surface area contributed by atoms with Crippen LogP contribution in [0.5, 0.6) is 0 Å². The summed E-state index contributed by atoms with van der Waals surface area (Å²) >= 11 is 0. The largest absolute Gasteiger partial charge is 0.376 e. The van der Waals surface area contributed by atoms with Gasteiger partial charge in [-0.2, -0.15) is 0 Å². The third-order valence-electron chi connectivity index (χ3n) is 1.93. The van der Waals surface area contributed by atoms with Crippen LogP contribution in [0.1, 0.15) is 12.8 Å². The van der Waals surface area contributed by atoms with Crippen molar-refractivity contribution < 1.29 is 9.47 Å². The van der Waals surface area contributed by atoms with E-state index in [1.54, 1.807) is 0 Å². The molecule has 1 heterocycles. The van der Waals surface area contributed by atoms with E-state index < -0.39 is 0 Å². The molecule has 0 aromatic rings. The predicted molar refractivity (Wildman–Crippen MR) is 51.5 cm³/mol. The van der Waals surface area contributed by atoms with Gasteiger partial charge in [-0.3, -0.25) is 0 Å². The van der Waals surface area contributed by atoms with Gasteiger partial charge in [0.15, 0.2) is 0 Å². The van der Waals surface area contributed by atoms with Crippen molar-refractivity contribution in [2.75, 3.05) is 32.9 Å². The van der Waals surface area contributed by atoms with Gasteiger partial charge in [-0.25, -0.2) is 0 Å². The molecule has 0 bridgehead atoms. The Kier molecular flexibility index (Phi) is 5.59. The molecule has 0 aromatic heterocycles. The Bertz CT molecular complexity index is 159. The molecule has 0 spiro atoms. The summed E-state index contributed by atoms with van der Waals surface area (Å²) < 4.78 is 10.7. The summed E-state index contributed by atoms with van der Waals surface area (Å²) in [7, 11) is 0. The Labute approximate surface area is 79.8 Å². The number of unbranched alkanes of at least 4 members (excludes halogenated alkanes) is 1. The number of hydrogen-bond donors (Lipinski definition) is 1. The second-order valence-corrected chi connectivity index (χ2v) is 3.08. The van der Waals surface area contributed by atoms with Crippen LogP contribution in [-0.2, 0) is 9.47 Å². The number of ether oxygens (including phenoxy) is 2. The van der Waals surface area contributed by atoms with Crippen molar-refractivity contribution in [1.82, 2.24) is 5.32 Å². The molecule has 1 aliphatic rings. The molecule has 1 rings (SSSR count). The van der Waals surface area contributed by atoms with Crippen LogP contribution in [0.2, 0.25) is 0 Å². The maximum Gasteiger partial charge on any atom is 0.0933 e. The molecule has 0 amide bonds. The Morgan fingerprint density at radius 1 is 1.46 bits per heavy atom. The first-order valence-corrected chi connectivity index (χ1v) is 4.77. The molecule has 0 aromatic carbocycles. The maximum absolute atomic E-state index is 5.46. The molecule has 0 saturated carbocycles. The van der Waals surface area contributed by atoms with Crippen molar-refractivity contribution in [3.8, 4) is 12.3 Å². The van der Waals surface area contributed by atoms with Crippen LogP contribution in [0.3, 0.4) is 0 Å². The minimum atomic E-state index is 0.222. The average molecular weight is 183 g/mol. The second-order valence-electron chi connectivity index (χ2n) is 3.08. The molecule has 1 fully saturated rings. The minimum absolute atomic E-state index is 0.222. The average Bonchev–Trinajstić information content (AvgIpc) is 2.19. The Morgan fingerprint density at radius 3 is 3.08 bits per heavy atom. The highest BCUT2D eigenvalue weighted by molar-refractivity contribution is 4.83. The fraction of sp³-hybridized carbons (Fsp3) is 0.800. The van der Waals surface area contributed by atoms with Gasteiger partial charge in [0, 0.05) is 13.0 Å². The Morgan fingerprint density at radius 2 is 2.38 bits per heavy atom. The lowest BCUT2D eigenvalue weighted by atomic mass is 10.3. The fourth-order valence-corrected chi connectivity index (χ4v) is 1.23. The summed E-state index contributed by atoms with van der Waals surface area (Å²) in [5.74, 6) is 2.61. The molecule has 3 nitrogen and oxygen atoms in total. The summed E-state index contributed by atoms with van der Waals surface area (Å²) in [6.07, 6.45) is 7.23. The molecule has 1 saturated heterocycles. The zero-order valence-electron chi connectivity index (χ0n) is 7.92. The summed E-state index contributed by atoms with van der Waals surface area (Å²) in [5.41, 5.74) is 0. The van der Waals surface area contributed by atoms with E-state index in [1.807, 2.05) is 0 Å². The lowest BCUT2D eigenvalue weighted by Gasteiger charge is -2.23. The molecular formula is C10H17NO2. The smallest absolute Gasteiger partial charge is 0.0933 e. The van der Waals surface area contributed by atoms with Gasteiger partial charge in [-0.15, -0.1) is 12.3 Å². The fourth-order valence-electron chi connectivity index (χ4n) is 1.23. The first kappa shape index (κ1) is 10.5. The monoisotopic (exact) mass is 183 g/mol. The summed E-state index contributed by atoms with van der Waals surface area (Å²) in [6.45, 7) is 3.99. The minimum Gasteiger partial charge on any atom is -0.376 e. The molecule has 1 aliphatic heterocycles. The van der Waals surface area contributed by atoms with Crippen molar-refractivity contribution in [2.24, 2.45) is 0 Å². The van der Waals surface area contributed by atoms with Gasteiger partial charge in [-0.05, 0) is 13.0 Å². The van der Waals surface area contributed by atoms with Crippen LogP contribution in [0.25, 0.3) is 0 Å². The van der Waals surface area contributed by atoms with Gasteiger partial charge in [0.05, 0.1) is 25.9 Å². The van der Waals surface area contributed by atoms with Gasteiger partial charge in [0.1, 0.15) is 0 Å². The summed E-state index contributed by atoms with van der Waals surface area (Å²) in [5, 5.41) is 3.29. The number of rotatable bonds is 5. The lowest BCUT2D eigenvalue weighted by Crippen LogP contribution is -2.37. The van der Waals surface area contributed by atoms with E-state index >= 15 is 0 Å². The maximum atomic E-state index is 5.46. The lowest BCUT2D eigenvalue weighted by molar-refractivity contribution is -0.0862. The van der Waals surface area contributed by atoms with E-state index in [9.17, 15) is 0 Å². The molecule has 1 N–H and O–H groups in total. The van der Waals surface area contributed by atoms with E-state index in [2.05, 4.69) is 11.2 Å². The van der Waals surface area contributed by atoms with Gasteiger partial charge >= 0.3 is 0 Å². The molecule has 0 radical (unpaired) electrons. The molecule has 1 atom stereocenters. The topological polar surface area (TPSA) is 30.5 Å². The molecular weight excluding hydrogens is 166 g/mol. The van der Waals surface area contributed by atoms with Crippen LogP contribution < -0.4 is 5.32 Å². The molecule has 0 aliphatic carbocycles. The zero-order valence-corrected chi connectivity index (χ0v) is 7.92. The van der Waals surface area contributed by atoms with Crippen molar-refractivity contribution in [3.63, 3.8) is 0 Å². The van der Waals surface area contributed by atoms with Crippen molar-refractivity contribution in [1.29, 1.82) is 0 Å². The van der Waals surface area contributed by atoms with E-state index in [0.29, 0.717) is 6.61 Å². The standard InChI is InChI=1S/C10H17NO2/c1-2-3-4-5-11-8-10-9-12-6-7-13-10/h1,10-11H,3-9H2. The molecule has 3 heteroatoms. The molecule has 1 unspecified atom stereocenters. The van der Waals surface area contributed by atoms with E-state index in [4.69, 9.17) is 15.9 Å². The summed E-state index contributed by atoms with van der Waals surface area (Å²) in [4.78, 5) is 0. The van der Waals surface area contributed by atoms with Crippen LogP contribution in [0, 0.1) is 12.3 Å². The number of hydrogen-bond acceptors (Lipinski definition) is 3. The van der Waals surface area contributed by atoms with Gasteiger partial charge in [0.2, 0.25) is 0 Å². The predicted octanol–water partition coefficient (Wildman–Crippen LogP) is 0.405. The van der Waals surface area contributed by atoms with E-state index in [-0.39, 0.29) is 6.10 Å². The SMILES string of the molecule is C#CCCCNCC1COCCO1.